The van der Waals surface area contributed by atoms with Crippen LogP contribution in [0, 0.1) is 0 Å². The van der Waals surface area contributed by atoms with E-state index in [4.69, 9.17) is 13.9 Å². The zero-order chi connectivity index (χ0) is 25.0. The van der Waals surface area contributed by atoms with Crippen molar-refractivity contribution in [2.45, 2.75) is 57.3 Å². The second-order valence-electron chi connectivity index (χ2n) is 9.62. The van der Waals surface area contributed by atoms with Crippen LogP contribution in [0.15, 0.2) is 59.0 Å². The number of rotatable bonds is 5. The van der Waals surface area contributed by atoms with Crippen molar-refractivity contribution in [2.75, 3.05) is 11.5 Å². The molecule has 184 valence electrons. The van der Waals surface area contributed by atoms with Crippen LogP contribution in [0.3, 0.4) is 0 Å². The molecule has 5 rings (SSSR count). The number of hydrogen-bond donors (Lipinski definition) is 0. The van der Waals surface area contributed by atoms with Gasteiger partial charge in [0.1, 0.15) is 28.3 Å². The third-order valence-corrected chi connectivity index (χ3v) is 6.48. The fourth-order valence-corrected chi connectivity index (χ4v) is 5.20. The summed E-state index contributed by atoms with van der Waals surface area (Å²) in [7, 11) is 0. The van der Waals surface area contributed by atoms with Gasteiger partial charge < -0.3 is 18.8 Å². The molecule has 0 saturated carbocycles. The zero-order valence-electron chi connectivity index (χ0n) is 19.7. The molecular formula is C27H26F3NO4. The van der Waals surface area contributed by atoms with E-state index in [1.165, 1.54) is 11.0 Å². The maximum Gasteiger partial charge on any atom is 0.449 e. The van der Waals surface area contributed by atoms with Crippen molar-refractivity contribution in [3.05, 3.63) is 77.2 Å². The topological polar surface area (TPSA) is 51.9 Å². The molecule has 1 aromatic heterocycles. The predicted octanol–water partition coefficient (Wildman–Crippen LogP) is 6.48. The first-order valence-corrected chi connectivity index (χ1v) is 11.6. The van der Waals surface area contributed by atoms with Gasteiger partial charge in [-0.25, -0.2) is 0 Å². The Morgan fingerprint density at radius 2 is 1.83 bits per heavy atom. The molecule has 8 heteroatoms. The largest absolute Gasteiger partial charge is 0.493 e. The monoisotopic (exact) mass is 485 g/mol. The van der Waals surface area contributed by atoms with Crippen molar-refractivity contribution in [2.24, 2.45) is 0 Å². The third kappa shape index (κ3) is 3.85. The van der Waals surface area contributed by atoms with Crippen molar-refractivity contribution >= 4 is 11.6 Å². The Morgan fingerprint density at radius 1 is 1.06 bits per heavy atom. The van der Waals surface area contributed by atoms with Crippen LogP contribution in [0.2, 0.25) is 0 Å². The standard InChI is InChI=1S/C27H26F3NO4/c1-4-13-33-17-9-11-20-22(14-17)35-25(2,3)16-26(20)19-7-5-6-8-21(19)31(24(26)32)15-18-10-12-23(34-18)27(28,29)30/h5-12,14H,4,13,15-16H2,1-3H3. The molecule has 2 aliphatic rings. The van der Waals surface area contributed by atoms with Crippen molar-refractivity contribution in [1.82, 2.24) is 0 Å². The van der Waals surface area contributed by atoms with Gasteiger partial charge in [0.15, 0.2) is 0 Å². The van der Waals surface area contributed by atoms with Crippen LogP contribution < -0.4 is 14.4 Å². The number of nitrogens with zero attached hydrogens (tertiary/aromatic N) is 1. The molecule has 0 fully saturated rings. The number of carbonyl (C=O) groups is 1. The summed E-state index contributed by atoms with van der Waals surface area (Å²) in [6.45, 7) is 6.33. The predicted molar refractivity (Wildman–Crippen MR) is 124 cm³/mol. The highest BCUT2D eigenvalue weighted by Crippen LogP contribution is 2.56. The Labute approximate surface area is 201 Å². The summed E-state index contributed by atoms with van der Waals surface area (Å²) in [5.74, 6) is -0.0169. The van der Waals surface area contributed by atoms with Gasteiger partial charge in [0.05, 0.1) is 13.2 Å². The van der Waals surface area contributed by atoms with Gasteiger partial charge in [-0.2, -0.15) is 13.2 Å². The van der Waals surface area contributed by atoms with Gasteiger partial charge in [-0.15, -0.1) is 0 Å². The number of alkyl halides is 3. The van der Waals surface area contributed by atoms with E-state index in [9.17, 15) is 18.0 Å². The van der Waals surface area contributed by atoms with E-state index in [1.807, 2.05) is 63.2 Å². The second-order valence-corrected chi connectivity index (χ2v) is 9.62. The highest BCUT2D eigenvalue weighted by molar-refractivity contribution is 6.11. The molecule has 1 atom stereocenters. The fourth-order valence-electron chi connectivity index (χ4n) is 5.20. The van der Waals surface area contributed by atoms with Gasteiger partial charge >= 0.3 is 6.18 Å². The Balaban J connectivity index is 1.61. The number of carbonyl (C=O) groups excluding carboxylic acids is 1. The molecule has 35 heavy (non-hydrogen) atoms. The molecule has 0 aliphatic carbocycles. The number of halogens is 3. The molecule has 0 radical (unpaired) electrons. The van der Waals surface area contributed by atoms with Crippen LogP contribution in [0.1, 0.15) is 56.3 Å². The minimum absolute atomic E-state index is 0.0624. The normalized spacial score (nSPS) is 20.5. The van der Waals surface area contributed by atoms with E-state index in [0.29, 0.717) is 30.2 Å². The van der Waals surface area contributed by atoms with Gasteiger partial charge in [0, 0.05) is 23.7 Å². The number of fused-ring (bicyclic) bond motifs is 4. The van der Waals surface area contributed by atoms with Gasteiger partial charge in [0.25, 0.3) is 0 Å². The van der Waals surface area contributed by atoms with Crippen molar-refractivity contribution in [3.8, 4) is 11.5 Å². The first-order chi connectivity index (χ1) is 16.5. The Morgan fingerprint density at radius 3 is 2.54 bits per heavy atom. The first kappa shape index (κ1) is 23.3. The lowest BCUT2D eigenvalue weighted by molar-refractivity contribution is -0.153. The molecule has 2 aliphatic heterocycles. The summed E-state index contributed by atoms with van der Waals surface area (Å²) >= 11 is 0. The highest BCUT2D eigenvalue weighted by atomic mass is 19.4. The van der Waals surface area contributed by atoms with E-state index in [2.05, 4.69) is 0 Å². The highest BCUT2D eigenvalue weighted by Gasteiger charge is 2.58. The minimum atomic E-state index is -4.59. The smallest absolute Gasteiger partial charge is 0.449 e. The van der Waals surface area contributed by atoms with Crippen LogP contribution in [0.5, 0.6) is 11.5 Å². The van der Waals surface area contributed by atoms with Gasteiger partial charge in [-0.3, -0.25) is 4.79 Å². The number of benzene rings is 2. The molecular weight excluding hydrogens is 459 g/mol. The lowest BCUT2D eigenvalue weighted by Crippen LogP contribution is -2.50. The molecule has 0 N–H and O–H groups in total. The average molecular weight is 486 g/mol. The summed E-state index contributed by atoms with van der Waals surface area (Å²) in [5, 5.41) is 0. The van der Waals surface area contributed by atoms with Gasteiger partial charge in [0.2, 0.25) is 11.7 Å². The van der Waals surface area contributed by atoms with Crippen LogP contribution in [0.4, 0.5) is 18.9 Å². The molecule has 1 unspecified atom stereocenters. The molecule has 1 amide bonds. The van der Waals surface area contributed by atoms with E-state index in [-0.39, 0.29) is 18.2 Å². The number of anilines is 1. The molecule has 0 bridgehead atoms. The molecule has 0 saturated heterocycles. The van der Waals surface area contributed by atoms with E-state index >= 15 is 0 Å². The summed E-state index contributed by atoms with van der Waals surface area (Å²) in [6, 6.07) is 15.1. The van der Waals surface area contributed by atoms with Crippen LogP contribution in [-0.4, -0.2) is 18.1 Å². The molecule has 3 heterocycles. The van der Waals surface area contributed by atoms with Crippen molar-refractivity contribution in [3.63, 3.8) is 0 Å². The third-order valence-electron chi connectivity index (χ3n) is 6.48. The number of para-hydroxylation sites is 1. The van der Waals surface area contributed by atoms with Gasteiger partial charge in [-0.1, -0.05) is 31.2 Å². The number of ether oxygens (including phenoxy) is 2. The Hall–Kier alpha value is -3.42. The Bertz CT molecular complexity index is 1280. The maximum atomic E-state index is 14.2. The zero-order valence-corrected chi connectivity index (χ0v) is 19.7. The summed E-state index contributed by atoms with van der Waals surface area (Å²) in [5.41, 5.74) is 0.445. The summed E-state index contributed by atoms with van der Waals surface area (Å²) < 4.78 is 56.4. The Kier molecular flexibility index (Phi) is 5.38. The van der Waals surface area contributed by atoms with Crippen LogP contribution in [-0.2, 0) is 22.9 Å². The van der Waals surface area contributed by atoms with Crippen molar-refractivity contribution in [1.29, 1.82) is 0 Å². The molecule has 2 aromatic carbocycles. The van der Waals surface area contributed by atoms with Gasteiger partial charge in [-0.05, 0) is 50.1 Å². The molecule has 5 nitrogen and oxygen atoms in total. The first-order valence-electron chi connectivity index (χ1n) is 11.6. The number of furan rings is 1. The number of amides is 1. The summed E-state index contributed by atoms with van der Waals surface area (Å²) in [6.07, 6.45) is -3.36. The SMILES string of the molecule is CCCOc1ccc2c(c1)OC(C)(C)CC21C(=O)N(Cc2ccc(C(F)(F)F)o2)c2ccccc21. The van der Waals surface area contributed by atoms with E-state index in [0.717, 1.165) is 23.6 Å². The molecule has 3 aromatic rings. The van der Waals surface area contributed by atoms with Crippen molar-refractivity contribution < 1.29 is 31.9 Å². The van der Waals surface area contributed by atoms with Crippen LogP contribution in [0.25, 0.3) is 0 Å². The van der Waals surface area contributed by atoms with E-state index < -0.39 is 23.0 Å². The van der Waals surface area contributed by atoms with Crippen LogP contribution >= 0.6 is 0 Å². The fraction of sp³-hybridized carbons (Fsp3) is 0.370. The molecule has 1 spiro atoms. The lowest BCUT2D eigenvalue weighted by atomic mass is 9.67. The second kappa shape index (κ2) is 8.07. The maximum absolute atomic E-state index is 14.2. The lowest BCUT2D eigenvalue weighted by Gasteiger charge is -2.43. The van der Waals surface area contributed by atoms with E-state index in [1.54, 1.807) is 0 Å². The number of hydrogen-bond acceptors (Lipinski definition) is 4. The minimum Gasteiger partial charge on any atom is -0.493 e. The summed E-state index contributed by atoms with van der Waals surface area (Å²) in [4.78, 5) is 15.7. The quantitative estimate of drug-likeness (QED) is 0.415. The average Bonchev–Trinajstić information content (AvgIpc) is 3.36.